The normalized spacial score (nSPS) is 11.4. The predicted octanol–water partition coefficient (Wildman–Crippen LogP) is 4.38. The molecule has 1 N–H and O–H groups in total. The van der Waals surface area contributed by atoms with E-state index in [1.165, 1.54) is 55.7 Å². The summed E-state index contributed by atoms with van der Waals surface area (Å²) < 4.78 is 24.6. The number of aromatic nitrogens is 2. The fraction of sp³-hybridized carbons (Fsp3) is 0.105. The number of ether oxygens (including phenoxy) is 2. The number of nitro groups is 1. The van der Waals surface area contributed by atoms with Crippen LogP contribution in [0.4, 0.5) is 15.9 Å². The fourth-order valence-electron chi connectivity index (χ4n) is 2.29. The van der Waals surface area contributed by atoms with E-state index in [1.807, 2.05) is 0 Å². The van der Waals surface area contributed by atoms with E-state index in [4.69, 9.17) is 21.1 Å². The average Bonchev–Trinajstić information content (AvgIpc) is 2.71. The monoisotopic (exact) mass is 432 g/mol. The Morgan fingerprint density at radius 1 is 1.23 bits per heavy atom. The van der Waals surface area contributed by atoms with Crippen molar-refractivity contribution in [1.29, 1.82) is 0 Å². The molecule has 1 aromatic carbocycles. The molecule has 0 saturated heterocycles. The van der Waals surface area contributed by atoms with Crippen LogP contribution in [0.5, 0.6) is 17.4 Å². The van der Waals surface area contributed by atoms with Crippen LogP contribution >= 0.6 is 11.6 Å². The van der Waals surface area contributed by atoms with Crippen molar-refractivity contribution in [2.75, 3.05) is 5.32 Å². The van der Waals surface area contributed by atoms with Crippen molar-refractivity contribution in [3.8, 4) is 17.4 Å². The highest BCUT2D eigenvalue weighted by Crippen LogP contribution is 2.26. The van der Waals surface area contributed by atoms with Gasteiger partial charge in [0, 0.05) is 18.5 Å². The zero-order chi connectivity index (χ0) is 21.7. The Balaban J connectivity index is 1.62. The van der Waals surface area contributed by atoms with E-state index >= 15 is 0 Å². The molecular weight excluding hydrogens is 419 g/mol. The second-order valence-corrected chi connectivity index (χ2v) is 6.33. The highest BCUT2D eigenvalue weighted by Gasteiger charge is 2.21. The lowest BCUT2D eigenvalue weighted by molar-refractivity contribution is -0.384. The molecule has 1 atom stereocenters. The van der Waals surface area contributed by atoms with Crippen LogP contribution in [0.3, 0.4) is 0 Å². The molecule has 2 aromatic heterocycles. The van der Waals surface area contributed by atoms with Gasteiger partial charge < -0.3 is 14.8 Å². The van der Waals surface area contributed by atoms with Gasteiger partial charge in [0.25, 0.3) is 11.8 Å². The molecule has 1 amide bonds. The molecule has 0 aliphatic heterocycles. The molecule has 11 heteroatoms. The number of halogens is 2. The van der Waals surface area contributed by atoms with E-state index in [0.29, 0.717) is 5.75 Å². The van der Waals surface area contributed by atoms with Gasteiger partial charge in [-0.3, -0.25) is 14.9 Å². The van der Waals surface area contributed by atoms with Gasteiger partial charge >= 0.3 is 5.69 Å². The number of nitrogens with zero attached hydrogens (tertiary/aromatic N) is 3. The summed E-state index contributed by atoms with van der Waals surface area (Å²) in [6, 6.07) is 9.71. The lowest BCUT2D eigenvalue weighted by atomic mass is 10.3. The van der Waals surface area contributed by atoms with Gasteiger partial charge in [0.15, 0.2) is 11.9 Å². The standard InChI is InChI=1S/C19H14ClFN4O5/c1-11(18(26)24-17-16(25(27)28)3-2-8-22-17)29-13-4-6-14(7-5-13)30-19-15(21)9-12(20)10-23-19/h2-11H,1H3,(H,22,24,26). The maximum atomic E-state index is 13.7. The summed E-state index contributed by atoms with van der Waals surface area (Å²) >= 11 is 5.65. The summed E-state index contributed by atoms with van der Waals surface area (Å²) in [5, 5.41) is 13.5. The number of benzene rings is 1. The second-order valence-electron chi connectivity index (χ2n) is 5.89. The van der Waals surface area contributed by atoms with Crippen molar-refractivity contribution in [1.82, 2.24) is 9.97 Å². The summed E-state index contributed by atoms with van der Waals surface area (Å²) in [5.74, 6) is -1.13. The Morgan fingerprint density at radius 3 is 2.60 bits per heavy atom. The van der Waals surface area contributed by atoms with Crippen molar-refractivity contribution >= 4 is 29.0 Å². The van der Waals surface area contributed by atoms with Crippen LogP contribution in [-0.2, 0) is 4.79 Å². The van der Waals surface area contributed by atoms with Gasteiger partial charge in [-0.2, -0.15) is 0 Å². The van der Waals surface area contributed by atoms with E-state index in [2.05, 4.69) is 15.3 Å². The van der Waals surface area contributed by atoms with Crippen molar-refractivity contribution in [2.45, 2.75) is 13.0 Å². The zero-order valence-electron chi connectivity index (χ0n) is 15.4. The highest BCUT2D eigenvalue weighted by molar-refractivity contribution is 6.30. The maximum absolute atomic E-state index is 13.7. The van der Waals surface area contributed by atoms with Crippen molar-refractivity contribution in [2.24, 2.45) is 0 Å². The quantitative estimate of drug-likeness (QED) is 0.435. The van der Waals surface area contributed by atoms with Gasteiger partial charge in [-0.15, -0.1) is 0 Å². The van der Waals surface area contributed by atoms with Crippen LogP contribution in [0, 0.1) is 15.9 Å². The van der Waals surface area contributed by atoms with Crippen LogP contribution in [0.1, 0.15) is 6.92 Å². The first-order chi connectivity index (χ1) is 14.3. The topological polar surface area (TPSA) is 116 Å². The van der Waals surface area contributed by atoms with Gasteiger partial charge in [0.1, 0.15) is 11.5 Å². The first-order valence-electron chi connectivity index (χ1n) is 8.49. The lowest BCUT2D eigenvalue weighted by Gasteiger charge is -2.14. The van der Waals surface area contributed by atoms with E-state index in [-0.39, 0.29) is 28.2 Å². The third-order valence-corrected chi connectivity index (χ3v) is 3.93. The number of anilines is 1. The number of rotatable bonds is 7. The molecule has 9 nitrogen and oxygen atoms in total. The summed E-state index contributed by atoms with van der Waals surface area (Å²) in [4.78, 5) is 30.2. The molecule has 154 valence electrons. The van der Waals surface area contributed by atoms with Gasteiger partial charge in [-0.05, 0) is 43.3 Å². The SMILES string of the molecule is CC(Oc1ccc(Oc2ncc(Cl)cc2F)cc1)C(=O)Nc1ncccc1[N+](=O)[O-]. The molecule has 0 bridgehead atoms. The molecule has 0 fully saturated rings. The first kappa shape index (κ1) is 20.9. The molecular formula is C19H14ClFN4O5. The number of pyridine rings is 2. The van der Waals surface area contributed by atoms with Crippen LogP contribution in [0.25, 0.3) is 0 Å². The number of carbonyl (C=O) groups excluding carboxylic acids is 1. The molecule has 3 rings (SSSR count). The van der Waals surface area contributed by atoms with Gasteiger partial charge in [-0.1, -0.05) is 11.6 Å². The molecule has 0 aliphatic rings. The molecule has 2 heterocycles. The minimum Gasteiger partial charge on any atom is -0.481 e. The molecule has 0 spiro atoms. The van der Waals surface area contributed by atoms with E-state index in [0.717, 1.165) is 6.07 Å². The number of hydrogen-bond acceptors (Lipinski definition) is 7. The summed E-state index contributed by atoms with van der Waals surface area (Å²) in [6.45, 7) is 1.47. The van der Waals surface area contributed by atoms with Gasteiger partial charge in [0.05, 0.1) is 9.95 Å². The minimum absolute atomic E-state index is 0.145. The Hall–Kier alpha value is -3.79. The maximum Gasteiger partial charge on any atom is 0.311 e. The second kappa shape index (κ2) is 9.14. The van der Waals surface area contributed by atoms with Gasteiger partial charge in [0.2, 0.25) is 5.82 Å². The average molecular weight is 433 g/mol. The first-order valence-corrected chi connectivity index (χ1v) is 8.87. The van der Waals surface area contributed by atoms with Crippen LogP contribution in [-0.4, -0.2) is 26.9 Å². The Morgan fingerprint density at radius 2 is 1.93 bits per heavy atom. The van der Waals surface area contributed by atoms with E-state index < -0.39 is 22.8 Å². The highest BCUT2D eigenvalue weighted by atomic mass is 35.5. The van der Waals surface area contributed by atoms with E-state index in [9.17, 15) is 19.3 Å². The molecule has 0 radical (unpaired) electrons. The third kappa shape index (κ3) is 5.17. The van der Waals surface area contributed by atoms with Crippen molar-refractivity contribution < 1.29 is 23.6 Å². The number of hydrogen-bond donors (Lipinski definition) is 1. The summed E-state index contributed by atoms with van der Waals surface area (Å²) in [7, 11) is 0. The Labute approximate surface area is 174 Å². The number of amides is 1. The lowest BCUT2D eigenvalue weighted by Crippen LogP contribution is -2.30. The fourth-order valence-corrected chi connectivity index (χ4v) is 2.44. The van der Waals surface area contributed by atoms with E-state index in [1.54, 1.807) is 0 Å². The molecule has 0 saturated carbocycles. The number of nitrogens with one attached hydrogen (secondary N) is 1. The van der Waals surface area contributed by atoms with Gasteiger partial charge in [-0.25, -0.2) is 14.4 Å². The molecule has 1 unspecified atom stereocenters. The summed E-state index contributed by atoms with van der Waals surface area (Å²) in [6.07, 6.45) is 1.60. The van der Waals surface area contributed by atoms with Crippen molar-refractivity contribution in [3.63, 3.8) is 0 Å². The molecule has 3 aromatic rings. The van der Waals surface area contributed by atoms with Crippen molar-refractivity contribution in [3.05, 3.63) is 75.8 Å². The largest absolute Gasteiger partial charge is 0.481 e. The summed E-state index contributed by atoms with van der Waals surface area (Å²) in [5.41, 5.74) is -0.331. The minimum atomic E-state index is -0.978. The number of carbonyl (C=O) groups is 1. The molecule has 0 aliphatic carbocycles. The van der Waals surface area contributed by atoms with Crippen LogP contribution < -0.4 is 14.8 Å². The van der Waals surface area contributed by atoms with Crippen LogP contribution in [0.15, 0.2) is 54.9 Å². The third-order valence-electron chi connectivity index (χ3n) is 3.72. The van der Waals surface area contributed by atoms with Crippen LogP contribution in [0.2, 0.25) is 5.02 Å². The predicted molar refractivity (Wildman–Crippen MR) is 105 cm³/mol. The smallest absolute Gasteiger partial charge is 0.311 e. The zero-order valence-corrected chi connectivity index (χ0v) is 16.2. The Bertz CT molecular complexity index is 1080. The Kier molecular flexibility index (Phi) is 6.38. The molecule has 30 heavy (non-hydrogen) atoms.